The minimum atomic E-state index is 0.630. The van der Waals surface area contributed by atoms with E-state index < -0.39 is 0 Å². The van der Waals surface area contributed by atoms with Crippen molar-refractivity contribution >= 4 is 0 Å². The number of rotatable bonds is 6. The van der Waals surface area contributed by atoms with Crippen molar-refractivity contribution in [2.45, 2.75) is 38.8 Å². The van der Waals surface area contributed by atoms with Crippen LogP contribution in [0.15, 0.2) is 24.3 Å². The fourth-order valence-electron chi connectivity index (χ4n) is 2.70. The molecule has 1 heterocycles. The van der Waals surface area contributed by atoms with Gasteiger partial charge < -0.3 is 10.1 Å². The molecule has 1 aliphatic rings. The van der Waals surface area contributed by atoms with Crippen LogP contribution in [0.2, 0.25) is 0 Å². The highest BCUT2D eigenvalue weighted by Crippen LogP contribution is 2.13. The van der Waals surface area contributed by atoms with Gasteiger partial charge in [-0.05, 0) is 50.6 Å². The largest absolute Gasteiger partial charge is 0.497 e. The molecule has 1 N–H and O–H groups in total. The molecule has 1 aromatic carbocycles. The van der Waals surface area contributed by atoms with Gasteiger partial charge in [0.2, 0.25) is 0 Å². The van der Waals surface area contributed by atoms with E-state index in [1.165, 1.54) is 37.9 Å². The van der Waals surface area contributed by atoms with Crippen LogP contribution in [0.3, 0.4) is 0 Å². The van der Waals surface area contributed by atoms with Crippen LogP contribution in [0.5, 0.6) is 5.75 Å². The Balaban J connectivity index is 1.72. The summed E-state index contributed by atoms with van der Waals surface area (Å²) in [5.41, 5.74) is 1.28. The average Bonchev–Trinajstić information content (AvgIpc) is 2.48. The predicted octanol–water partition coefficient (Wildman–Crippen LogP) is 2.66. The Morgan fingerprint density at radius 2 is 2.05 bits per heavy atom. The van der Waals surface area contributed by atoms with Gasteiger partial charge in [0, 0.05) is 19.1 Å². The second-order valence-electron chi connectivity index (χ2n) is 5.43. The van der Waals surface area contributed by atoms with Crippen LogP contribution in [0.1, 0.15) is 31.7 Å². The lowest BCUT2D eigenvalue weighted by molar-refractivity contribution is 0.170. The Bertz CT molecular complexity index is 375. The topological polar surface area (TPSA) is 24.5 Å². The van der Waals surface area contributed by atoms with E-state index in [4.69, 9.17) is 4.74 Å². The van der Waals surface area contributed by atoms with Crippen LogP contribution in [-0.2, 0) is 6.54 Å². The maximum absolute atomic E-state index is 5.24. The van der Waals surface area contributed by atoms with Crippen LogP contribution >= 0.6 is 0 Å². The molecule has 106 valence electrons. The molecule has 1 atom stereocenters. The third-order valence-electron chi connectivity index (χ3n) is 3.92. The number of hydrogen-bond donors (Lipinski definition) is 1. The van der Waals surface area contributed by atoms with E-state index >= 15 is 0 Å². The smallest absolute Gasteiger partial charge is 0.119 e. The summed E-state index contributed by atoms with van der Waals surface area (Å²) in [7, 11) is 1.71. The second kappa shape index (κ2) is 7.51. The highest BCUT2D eigenvalue weighted by atomic mass is 16.5. The molecule has 1 aromatic rings. The summed E-state index contributed by atoms with van der Waals surface area (Å²) in [4.78, 5) is 2.60. The van der Waals surface area contributed by atoms with Crippen molar-refractivity contribution in [2.75, 3.05) is 26.7 Å². The lowest BCUT2D eigenvalue weighted by Crippen LogP contribution is -2.42. The fraction of sp³-hybridized carbons (Fsp3) is 0.625. The van der Waals surface area contributed by atoms with Crippen LogP contribution in [0.4, 0.5) is 0 Å². The van der Waals surface area contributed by atoms with E-state index in [1.807, 2.05) is 12.1 Å². The van der Waals surface area contributed by atoms with Gasteiger partial charge in [-0.15, -0.1) is 0 Å². The Labute approximate surface area is 116 Å². The highest BCUT2D eigenvalue weighted by molar-refractivity contribution is 5.28. The molecule has 1 aliphatic heterocycles. The van der Waals surface area contributed by atoms with Gasteiger partial charge in [-0.2, -0.15) is 0 Å². The minimum absolute atomic E-state index is 0.630. The summed E-state index contributed by atoms with van der Waals surface area (Å²) in [6.45, 7) is 6.82. The number of piperidine rings is 1. The first kappa shape index (κ1) is 14.4. The second-order valence-corrected chi connectivity index (χ2v) is 5.43. The number of nitrogens with one attached hydrogen (secondary N) is 1. The molecule has 19 heavy (non-hydrogen) atoms. The molecule has 2 rings (SSSR count). The van der Waals surface area contributed by atoms with Crippen molar-refractivity contribution in [1.29, 1.82) is 0 Å². The predicted molar refractivity (Wildman–Crippen MR) is 79.6 cm³/mol. The van der Waals surface area contributed by atoms with Gasteiger partial charge in [0.25, 0.3) is 0 Å². The standard InChI is InChI=1S/C16H26N2O/c1-14(18-9-4-3-5-10-18)12-17-13-15-7-6-8-16(11-15)19-2/h6-8,11,14,17H,3-5,9-10,12-13H2,1-2H3. The van der Waals surface area contributed by atoms with Crippen molar-refractivity contribution in [3.05, 3.63) is 29.8 Å². The first-order valence-corrected chi connectivity index (χ1v) is 7.37. The lowest BCUT2D eigenvalue weighted by atomic mass is 10.1. The monoisotopic (exact) mass is 262 g/mol. The first-order chi connectivity index (χ1) is 9.29. The molecular weight excluding hydrogens is 236 g/mol. The van der Waals surface area contributed by atoms with Crippen LogP contribution in [0, 0.1) is 0 Å². The zero-order valence-electron chi connectivity index (χ0n) is 12.2. The van der Waals surface area contributed by atoms with E-state index in [0.717, 1.165) is 18.8 Å². The van der Waals surface area contributed by atoms with Gasteiger partial charge >= 0.3 is 0 Å². The number of hydrogen-bond acceptors (Lipinski definition) is 3. The van der Waals surface area contributed by atoms with Gasteiger partial charge in [0.1, 0.15) is 5.75 Å². The van der Waals surface area contributed by atoms with E-state index in [2.05, 4.69) is 29.3 Å². The third-order valence-corrected chi connectivity index (χ3v) is 3.92. The molecule has 3 nitrogen and oxygen atoms in total. The summed E-state index contributed by atoms with van der Waals surface area (Å²) in [6.07, 6.45) is 4.13. The quantitative estimate of drug-likeness (QED) is 0.853. The summed E-state index contributed by atoms with van der Waals surface area (Å²) in [5, 5.41) is 3.55. The van der Waals surface area contributed by atoms with Crippen LogP contribution < -0.4 is 10.1 Å². The Morgan fingerprint density at radius 3 is 2.79 bits per heavy atom. The van der Waals surface area contributed by atoms with Gasteiger partial charge in [-0.1, -0.05) is 18.6 Å². The maximum Gasteiger partial charge on any atom is 0.119 e. The molecular formula is C16H26N2O. The zero-order valence-corrected chi connectivity index (χ0v) is 12.2. The summed E-state index contributed by atoms with van der Waals surface area (Å²) < 4.78 is 5.24. The van der Waals surface area contributed by atoms with Gasteiger partial charge in [0.05, 0.1) is 7.11 Å². The molecule has 3 heteroatoms. The normalized spacial score (nSPS) is 18.2. The number of nitrogens with zero attached hydrogens (tertiary/aromatic N) is 1. The van der Waals surface area contributed by atoms with E-state index in [0.29, 0.717) is 6.04 Å². The summed E-state index contributed by atoms with van der Waals surface area (Å²) in [5.74, 6) is 0.934. The van der Waals surface area contributed by atoms with Gasteiger partial charge in [-0.3, -0.25) is 4.90 Å². The van der Waals surface area contributed by atoms with Crippen molar-refractivity contribution in [1.82, 2.24) is 10.2 Å². The van der Waals surface area contributed by atoms with E-state index in [9.17, 15) is 0 Å². The van der Waals surface area contributed by atoms with Gasteiger partial charge in [0.15, 0.2) is 0 Å². The van der Waals surface area contributed by atoms with Crippen molar-refractivity contribution in [2.24, 2.45) is 0 Å². The molecule has 1 fully saturated rings. The number of benzene rings is 1. The molecule has 0 aliphatic carbocycles. The van der Waals surface area contributed by atoms with E-state index in [1.54, 1.807) is 7.11 Å². The number of ether oxygens (including phenoxy) is 1. The lowest BCUT2D eigenvalue weighted by Gasteiger charge is -2.32. The minimum Gasteiger partial charge on any atom is -0.497 e. The molecule has 0 spiro atoms. The molecule has 0 bridgehead atoms. The zero-order chi connectivity index (χ0) is 13.5. The van der Waals surface area contributed by atoms with Crippen molar-refractivity contribution < 1.29 is 4.74 Å². The van der Waals surface area contributed by atoms with Crippen LogP contribution in [-0.4, -0.2) is 37.7 Å². The fourth-order valence-corrected chi connectivity index (χ4v) is 2.70. The highest BCUT2D eigenvalue weighted by Gasteiger charge is 2.15. The van der Waals surface area contributed by atoms with Crippen LogP contribution in [0.25, 0.3) is 0 Å². The molecule has 0 amide bonds. The SMILES string of the molecule is COc1cccc(CNCC(C)N2CCCCC2)c1. The summed E-state index contributed by atoms with van der Waals surface area (Å²) in [6, 6.07) is 8.90. The number of methoxy groups -OCH3 is 1. The molecule has 1 unspecified atom stereocenters. The third kappa shape index (κ3) is 4.51. The van der Waals surface area contributed by atoms with E-state index in [-0.39, 0.29) is 0 Å². The van der Waals surface area contributed by atoms with Crippen molar-refractivity contribution in [3.8, 4) is 5.75 Å². The Hall–Kier alpha value is -1.06. The van der Waals surface area contributed by atoms with Gasteiger partial charge in [-0.25, -0.2) is 0 Å². The summed E-state index contributed by atoms with van der Waals surface area (Å²) >= 11 is 0. The Morgan fingerprint density at radius 1 is 1.26 bits per heavy atom. The maximum atomic E-state index is 5.24. The van der Waals surface area contributed by atoms with Crippen molar-refractivity contribution in [3.63, 3.8) is 0 Å². The Kier molecular flexibility index (Phi) is 5.67. The average molecular weight is 262 g/mol. The molecule has 0 aromatic heterocycles. The first-order valence-electron chi connectivity index (χ1n) is 7.37. The molecule has 0 radical (unpaired) electrons. The molecule has 0 saturated carbocycles. The molecule has 1 saturated heterocycles. The number of likely N-dealkylation sites (tertiary alicyclic amines) is 1.